The van der Waals surface area contributed by atoms with Gasteiger partial charge in [0.25, 0.3) is 0 Å². The zero-order chi connectivity index (χ0) is 14.8. The number of alkyl carbamates (subject to hydrolysis) is 1. The molecule has 1 aliphatic heterocycles. The van der Waals surface area contributed by atoms with Gasteiger partial charge in [-0.25, -0.2) is 9.78 Å². The number of carbonyl (C=O) groups is 2. The van der Waals surface area contributed by atoms with Gasteiger partial charge in [0.05, 0.1) is 24.2 Å². The lowest BCUT2D eigenvalue weighted by Gasteiger charge is -2.22. The highest BCUT2D eigenvalue weighted by molar-refractivity contribution is 5.98. The number of nitrogens with zero attached hydrogens (tertiary/aromatic N) is 1. The normalized spacial score (nSPS) is 18.1. The summed E-state index contributed by atoms with van der Waals surface area (Å²) in [6.45, 7) is 0.563. The molecule has 1 atom stereocenters. The van der Waals surface area contributed by atoms with Crippen molar-refractivity contribution >= 4 is 28.7 Å². The number of imidazole rings is 1. The highest BCUT2D eigenvalue weighted by Gasteiger charge is 2.25. The molecule has 0 radical (unpaired) electrons. The van der Waals surface area contributed by atoms with Crippen LogP contribution in [0.25, 0.3) is 11.0 Å². The lowest BCUT2D eigenvalue weighted by molar-refractivity contribution is -0.119. The van der Waals surface area contributed by atoms with Crippen LogP contribution >= 0.6 is 0 Å². The second-order valence-corrected chi connectivity index (χ2v) is 4.73. The van der Waals surface area contributed by atoms with Gasteiger partial charge in [0, 0.05) is 12.1 Å². The Morgan fingerprint density at radius 1 is 1.52 bits per heavy atom. The summed E-state index contributed by atoms with van der Waals surface area (Å²) in [5, 5.41) is 5.24. The van der Waals surface area contributed by atoms with Crippen LogP contribution in [0.3, 0.4) is 0 Å². The summed E-state index contributed by atoms with van der Waals surface area (Å²) in [7, 11) is 0. The number of fused-ring (bicyclic) bond motifs is 1. The molecule has 0 aliphatic carbocycles. The summed E-state index contributed by atoms with van der Waals surface area (Å²) < 4.78 is 4.73. The zero-order valence-corrected chi connectivity index (χ0v) is 11.2. The lowest BCUT2D eigenvalue weighted by Crippen LogP contribution is -2.48. The third-order valence-electron chi connectivity index (χ3n) is 3.24. The first-order valence-corrected chi connectivity index (χ1v) is 6.58. The number of hydrogen-bond donors (Lipinski definition) is 4. The molecule has 21 heavy (non-hydrogen) atoms. The molecule has 8 nitrogen and oxygen atoms in total. The largest absolute Gasteiger partial charge is 0.449 e. The Kier molecular flexibility index (Phi) is 3.44. The van der Waals surface area contributed by atoms with Crippen LogP contribution in [-0.4, -0.2) is 34.6 Å². The molecule has 2 heterocycles. The number of H-pyrrole nitrogens is 1. The van der Waals surface area contributed by atoms with Crippen LogP contribution in [-0.2, 0) is 16.1 Å². The maximum absolute atomic E-state index is 12.1. The summed E-state index contributed by atoms with van der Waals surface area (Å²) >= 11 is 0. The molecule has 1 aromatic carbocycles. The van der Waals surface area contributed by atoms with Crippen LogP contribution in [0.15, 0.2) is 18.2 Å². The molecule has 0 unspecified atom stereocenters. The molecule has 110 valence electrons. The van der Waals surface area contributed by atoms with E-state index in [1.165, 1.54) is 0 Å². The fourth-order valence-corrected chi connectivity index (χ4v) is 2.19. The average Bonchev–Trinajstić information content (AvgIpc) is 2.89. The fraction of sp³-hybridized carbons (Fsp3) is 0.308. The van der Waals surface area contributed by atoms with Gasteiger partial charge in [-0.15, -0.1) is 0 Å². The van der Waals surface area contributed by atoms with Crippen molar-refractivity contribution in [2.45, 2.75) is 19.0 Å². The molecule has 3 rings (SSSR count). The minimum atomic E-state index is -0.580. The van der Waals surface area contributed by atoms with Gasteiger partial charge in [-0.3, -0.25) is 4.79 Å². The molecule has 2 aromatic rings. The molecule has 8 heteroatoms. The van der Waals surface area contributed by atoms with Crippen molar-refractivity contribution < 1.29 is 14.3 Å². The number of nitrogens with two attached hydrogens (primary N) is 1. The summed E-state index contributed by atoms with van der Waals surface area (Å²) in [5.41, 5.74) is 7.73. The molecular formula is C13H15N5O3. The number of aromatic nitrogens is 2. The Morgan fingerprint density at radius 3 is 3.14 bits per heavy atom. The number of anilines is 1. The van der Waals surface area contributed by atoms with E-state index in [0.717, 1.165) is 11.0 Å². The van der Waals surface area contributed by atoms with Gasteiger partial charge in [-0.05, 0) is 18.2 Å². The molecule has 5 N–H and O–H groups in total. The second-order valence-electron chi connectivity index (χ2n) is 4.73. The van der Waals surface area contributed by atoms with Crippen molar-refractivity contribution in [2.24, 2.45) is 5.73 Å². The summed E-state index contributed by atoms with van der Waals surface area (Å²) in [4.78, 5) is 30.5. The molecule has 1 fully saturated rings. The van der Waals surface area contributed by atoms with Crippen molar-refractivity contribution in [3.8, 4) is 0 Å². The van der Waals surface area contributed by atoms with Crippen molar-refractivity contribution in [1.82, 2.24) is 15.3 Å². The molecule has 1 aromatic heterocycles. The summed E-state index contributed by atoms with van der Waals surface area (Å²) in [6, 6.07) is 4.75. The van der Waals surface area contributed by atoms with E-state index in [2.05, 4.69) is 20.6 Å². The average molecular weight is 289 g/mol. The number of amides is 2. The first-order valence-electron chi connectivity index (χ1n) is 6.58. The van der Waals surface area contributed by atoms with Crippen LogP contribution in [0.1, 0.15) is 12.2 Å². The SMILES string of the molecule is NCc1nc2ccc(NC(=O)[C@@H]3CCOC(=O)N3)cc2[nH]1. The minimum Gasteiger partial charge on any atom is -0.449 e. The molecule has 0 bridgehead atoms. The standard InChI is InChI=1S/C13H15N5O3/c14-6-11-16-8-2-1-7(5-10(8)17-11)15-12(19)9-3-4-21-13(20)18-9/h1-2,5,9H,3-4,6,14H2,(H,15,19)(H,16,17)(H,18,20)/t9-/m0/s1. The monoisotopic (exact) mass is 289 g/mol. The molecule has 0 spiro atoms. The van der Waals surface area contributed by atoms with E-state index >= 15 is 0 Å². The predicted molar refractivity (Wildman–Crippen MR) is 75.5 cm³/mol. The van der Waals surface area contributed by atoms with Gasteiger partial charge >= 0.3 is 6.09 Å². The maximum atomic E-state index is 12.1. The number of ether oxygens (including phenoxy) is 1. The Balaban J connectivity index is 1.74. The third-order valence-corrected chi connectivity index (χ3v) is 3.24. The van der Waals surface area contributed by atoms with E-state index in [1.54, 1.807) is 18.2 Å². The van der Waals surface area contributed by atoms with Gasteiger partial charge in [0.2, 0.25) is 5.91 Å². The Morgan fingerprint density at radius 2 is 2.38 bits per heavy atom. The maximum Gasteiger partial charge on any atom is 0.407 e. The third kappa shape index (κ3) is 2.79. The molecule has 1 saturated heterocycles. The number of nitrogens with one attached hydrogen (secondary N) is 3. The first kappa shape index (κ1) is 13.4. The van der Waals surface area contributed by atoms with E-state index in [1.807, 2.05) is 0 Å². The number of carbonyl (C=O) groups excluding carboxylic acids is 2. The summed E-state index contributed by atoms with van der Waals surface area (Å²) in [6.07, 6.45) is -0.126. The predicted octanol–water partition coefficient (Wildman–Crippen LogP) is 0.459. The quantitative estimate of drug-likeness (QED) is 0.653. The van der Waals surface area contributed by atoms with Crippen LogP contribution < -0.4 is 16.4 Å². The van der Waals surface area contributed by atoms with Gasteiger partial charge < -0.3 is 26.1 Å². The molecule has 1 aliphatic rings. The molecule has 2 amide bonds. The van der Waals surface area contributed by atoms with Gasteiger partial charge in [0.1, 0.15) is 11.9 Å². The van der Waals surface area contributed by atoms with E-state index in [0.29, 0.717) is 24.5 Å². The van der Waals surface area contributed by atoms with Gasteiger partial charge in [-0.2, -0.15) is 0 Å². The van der Waals surface area contributed by atoms with E-state index in [-0.39, 0.29) is 12.5 Å². The first-order chi connectivity index (χ1) is 10.2. The Labute approximate surface area is 120 Å². The number of cyclic esters (lactones) is 1. The van der Waals surface area contributed by atoms with Crippen molar-refractivity contribution in [2.75, 3.05) is 11.9 Å². The Bertz CT molecular complexity index is 696. The topological polar surface area (TPSA) is 122 Å². The minimum absolute atomic E-state index is 0.239. The molecule has 0 saturated carbocycles. The lowest BCUT2D eigenvalue weighted by atomic mass is 10.2. The number of hydrogen-bond acceptors (Lipinski definition) is 5. The van der Waals surface area contributed by atoms with E-state index in [4.69, 9.17) is 10.5 Å². The van der Waals surface area contributed by atoms with Crippen molar-refractivity contribution in [3.05, 3.63) is 24.0 Å². The smallest absolute Gasteiger partial charge is 0.407 e. The highest BCUT2D eigenvalue weighted by atomic mass is 16.6. The number of aromatic amines is 1. The van der Waals surface area contributed by atoms with Crippen LogP contribution in [0.2, 0.25) is 0 Å². The van der Waals surface area contributed by atoms with Crippen LogP contribution in [0.5, 0.6) is 0 Å². The van der Waals surface area contributed by atoms with E-state index in [9.17, 15) is 9.59 Å². The van der Waals surface area contributed by atoms with Gasteiger partial charge in [0.15, 0.2) is 0 Å². The Hall–Kier alpha value is -2.61. The fourth-order valence-electron chi connectivity index (χ4n) is 2.19. The molecular weight excluding hydrogens is 274 g/mol. The van der Waals surface area contributed by atoms with Crippen LogP contribution in [0, 0.1) is 0 Å². The summed E-state index contributed by atoms with van der Waals surface area (Å²) in [5.74, 6) is 0.412. The highest BCUT2D eigenvalue weighted by Crippen LogP contribution is 2.18. The number of benzene rings is 1. The van der Waals surface area contributed by atoms with Crippen molar-refractivity contribution in [3.63, 3.8) is 0 Å². The van der Waals surface area contributed by atoms with E-state index < -0.39 is 12.1 Å². The zero-order valence-electron chi connectivity index (χ0n) is 11.2. The van der Waals surface area contributed by atoms with Crippen LogP contribution in [0.4, 0.5) is 10.5 Å². The number of rotatable bonds is 3. The van der Waals surface area contributed by atoms with Gasteiger partial charge in [-0.1, -0.05) is 0 Å². The second kappa shape index (κ2) is 5.41. The van der Waals surface area contributed by atoms with Crippen molar-refractivity contribution in [1.29, 1.82) is 0 Å².